The summed E-state index contributed by atoms with van der Waals surface area (Å²) in [5, 5.41) is 2.77. The van der Waals surface area contributed by atoms with Crippen LogP contribution in [0.2, 0.25) is 0 Å². The number of nitrogens with one attached hydrogen (secondary N) is 1. The molecular formula is C28H32BrN3O5S2. The Bertz CT molecular complexity index is 1490. The molecule has 4 rings (SSSR count). The fourth-order valence-electron chi connectivity index (χ4n) is 4.33. The van der Waals surface area contributed by atoms with E-state index in [1.807, 2.05) is 19.1 Å². The van der Waals surface area contributed by atoms with E-state index in [0.717, 1.165) is 39.2 Å². The third kappa shape index (κ3) is 7.55. The van der Waals surface area contributed by atoms with Crippen molar-refractivity contribution in [3.8, 4) is 0 Å². The predicted octanol–water partition coefficient (Wildman–Crippen LogP) is 4.44. The van der Waals surface area contributed by atoms with Crippen molar-refractivity contribution in [2.45, 2.75) is 49.1 Å². The molecule has 1 saturated heterocycles. The largest absolute Gasteiger partial charge is 0.351 e. The monoisotopic (exact) mass is 633 g/mol. The molecule has 1 aliphatic rings. The number of rotatable bonds is 10. The van der Waals surface area contributed by atoms with Crippen LogP contribution in [0.25, 0.3) is 0 Å². The molecule has 208 valence electrons. The Morgan fingerprint density at radius 1 is 0.821 bits per heavy atom. The fourth-order valence-corrected chi connectivity index (χ4v) is 7.49. The van der Waals surface area contributed by atoms with Crippen LogP contribution in [0, 0.1) is 6.92 Å². The topological polar surface area (TPSA) is 104 Å². The first kappa shape index (κ1) is 29.4. The number of amides is 1. The maximum Gasteiger partial charge on any atom is 0.243 e. The van der Waals surface area contributed by atoms with Crippen LogP contribution in [0.1, 0.15) is 36.0 Å². The fraction of sp³-hybridized carbons (Fsp3) is 0.321. The number of benzene rings is 3. The molecule has 1 aliphatic heterocycles. The van der Waals surface area contributed by atoms with Gasteiger partial charge in [-0.2, -0.15) is 8.61 Å². The summed E-state index contributed by atoms with van der Waals surface area (Å²) >= 11 is 3.38. The number of nitrogens with zero attached hydrogens (tertiary/aromatic N) is 2. The predicted molar refractivity (Wildman–Crippen MR) is 154 cm³/mol. The first-order chi connectivity index (χ1) is 18.6. The lowest BCUT2D eigenvalue weighted by molar-refractivity contribution is -0.121. The SMILES string of the molecule is Cc1ccc(S(=O)(=O)N(CC(=O)NCc2ccc(S(=O)(=O)N3CCCCC3)cc2)Cc2ccc(Br)cc2)cc1. The molecule has 1 amide bonds. The Kier molecular flexibility index (Phi) is 9.60. The first-order valence-electron chi connectivity index (χ1n) is 12.7. The van der Waals surface area contributed by atoms with E-state index in [0.29, 0.717) is 18.7 Å². The number of sulfonamides is 2. The van der Waals surface area contributed by atoms with Crippen molar-refractivity contribution >= 4 is 41.9 Å². The van der Waals surface area contributed by atoms with Gasteiger partial charge in [0, 0.05) is 30.7 Å². The molecule has 39 heavy (non-hydrogen) atoms. The highest BCUT2D eigenvalue weighted by Crippen LogP contribution is 2.22. The van der Waals surface area contributed by atoms with Crippen molar-refractivity contribution in [1.82, 2.24) is 13.9 Å². The van der Waals surface area contributed by atoms with E-state index in [9.17, 15) is 21.6 Å². The molecule has 1 fully saturated rings. The summed E-state index contributed by atoms with van der Waals surface area (Å²) in [7, 11) is -7.48. The lowest BCUT2D eigenvalue weighted by atomic mass is 10.2. The number of carbonyl (C=O) groups is 1. The molecule has 0 saturated carbocycles. The molecule has 0 aromatic heterocycles. The zero-order valence-corrected chi connectivity index (χ0v) is 24.9. The Balaban J connectivity index is 1.44. The zero-order chi connectivity index (χ0) is 28.0. The highest BCUT2D eigenvalue weighted by molar-refractivity contribution is 9.10. The molecule has 0 atom stereocenters. The number of carbonyl (C=O) groups excluding carboxylic acids is 1. The van der Waals surface area contributed by atoms with Crippen LogP contribution in [0.4, 0.5) is 0 Å². The summed E-state index contributed by atoms with van der Waals surface area (Å²) in [6.07, 6.45) is 2.77. The summed E-state index contributed by atoms with van der Waals surface area (Å²) in [6, 6.07) is 20.2. The molecule has 0 radical (unpaired) electrons. The van der Waals surface area contributed by atoms with Gasteiger partial charge in [0.15, 0.2) is 0 Å². The zero-order valence-electron chi connectivity index (χ0n) is 21.7. The van der Waals surface area contributed by atoms with Crippen LogP contribution in [-0.4, -0.2) is 51.0 Å². The second-order valence-corrected chi connectivity index (χ2v) is 14.4. The number of aryl methyl sites for hydroxylation is 1. The van der Waals surface area contributed by atoms with Gasteiger partial charge in [-0.25, -0.2) is 16.8 Å². The Hall–Kier alpha value is -2.57. The van der Waals surface area contributed by atoms with Crippen LogP contribution < -0.4 is 5.32 Å². The third-order valence-electron chi connectivity index (χ3n) is 6.62. The van der Waals surface area contributed by atoms with E-state index < -0.39 is 26.0 Å². The summed E-state index contributed by atoms with van der Waals surface area (Å²) in [5.41, 5.74) is 2.38. The van der Waals surface area contributed by atoms with Gasteiger partial charge < -0.3 is 5.32 Å². The standard InChI is InChI=1S/C28H32BrN3O5S2/c1-22-5-13-26(14-6-22)39(36,37)32(20-24-7-11-25(29)12-8-24)21-28(33)30-19-23-9-15-27(16-10-23)38(34,35)31-17-3-2-4-18-31/h5-16H,2-4,17-21H2,1H3,(H,30,33). The number of hydrogen-bond acceptors (Lipinski definition) is 5. The smallest absolute Gasteiger partial charge is 0.243 e. The van der Waals surface area contributed by atoms with Crippen molar-refractivity contribution < 1.29 is 21.6 Å². The highest BCUT2D eigenvalue weighted by atomic mass is 79.9. The van der Waals surface area contributed by atoms with E-state index in [-0.39, 0.29) is 29.4 Å². The average Bonchev–Trinajstić information content (AvgIpc) is 2.93. The minimum Gasteiger partial charge on any atom is -0.351 e. The molecule has 11 heteroatoms. The van der Waals surface area contributed by atoms with Crippen molar-refractivity contribution in [2.24, 2.45) is 0 Å². The summed E-state index contributed by atoms with van der Waals surface area (Å²) < 4.78 is 56.2. The van der Waals surface area contributed by atoms with E-state index in [4.69, 9.17) is 0 Å². The van der Waals surface area contributed by atoms with E-state index in [2.05, 4.69) is 21.2 Å². The molecule has 0 aliphatic carbocycles. The summed E-state index contributed by atoms with van der Waals surface area (Å²) in [6.45, 7) is 2.73. The molecule has 0 unspecified atom stereocenters. The van der Waals surface area contributed by atoms with Gasteiger partial charge in [-0.15, -0.1) is 0 Å². The third-order valence-corrected chi connectivity index (χ3v) is 10.9. The normalized spacial score (nSPS) is 14.8. The first-order valence-corrected chi connectivity index (χ1v) is 16.4. The second kappa shape index (κ2) is 12.7. The molecule has 8 nitrogen and oxygen atoms in total. The Morgan fingerprint density at radius 3 is 2.00 bits per heavy atom. The van der Waals surface area contributed by atoms with Crippen LogP contribution in [0.15, 0.2) is 87.1 Å². The van der Waals surface area contributed by atoms with Gasteiger partial charge in [-0.3, -0.25) is 4.79 Å². The molecule has 0 spiro atoms. The molecule has 3 aromatic rings. The van der Waals surface area contributed by atoms with Gasteiger partial charge in [0.05, 0.1) is 16.3 Å². The minimum absolute atomic E-state index is 0.0277. The van der Waals surface area contributed by atoms with Crippen LogP contribution in [0.5, 0.6) is 0 Å². The molecule has 3 aromatic carbocycles. The Labute approximate surface area is 239 Å². The van der Waals surface area contributed by atoms with Gasteiger partial charge in [0.1, 0.15) is 0 Å². The van der Waals surface area contributed by atoms with Crippen molar-refractivity contribution in [2.75, 3.05) is 19.6 Å². The quantitative estimate of drug-likeness (QED) is 0.355. The second-order valence-electron chi connectivity index (χ2n) is 9.60. The number of hydrogen-bond donors (Lipinski definition) is 1. The summed E-state index contributed by atoms with van der Waals surface area (Å²) in [4.78, 5) is 13.2. The van der Waals surface area contributed by atoms with Crippen molar-refractivity contribution in [3.05, 3.63) is 94.0 Å². The summed E-state index contributed by atoms with van der Waals surface area (Å²) in [5.74, 6) is -0.465. The van der Waals surface area contributed by atoms with Gasteiger partial charge >= 0.3 is 0 Å². The highest BCUT2D eigenvalue weighted by Gasteiger charge is 2.28. The van der Waals surface area contributed by atoms with Gasteiger partial charge in [-0.1, -0.05) is 64.3 Å². The average molecular weight is 635 g/mol. The van der Waals surface area contributed by atoms with E-state index in [1.54, 1.807) is 48.5 Å². The van der Waals surface area contributed by atoms with Gasteiger partial charge in [-0.05, 0) is 67.3 Å². The van der Waals surface area contributed by atoms with Crippen molar-refractivity contribution in [3.63, 3.8) is 0 Å². The van der Waals surface area contributed by atoms with Gasteiger partial charge in [0.25, 0.3) is 0 Å². The molecule has 1 N–H and O–H groups in total. The maximum absolute atomic E-state index is 13.5. The van der Waals surface area contributed by atoms with Crippen LogP contribution >= 0.6 is 15.9 Å². The van der Waals surface area contributed by atoms with Gasteiger partial charge in [0.2, 0.25) is 26.0 Å². The molecular weight excluding hydrogens is 602 g/mol. The molecule has 1 heterocycles. The number of halogens is 1. The lowest BCUT2D eigenvalue weighted by Crippen LogP contribution is -2.40. The lowest BCUT2D eigenvalue weighted by Gasteiger charge is -2.25. The Morgan fingerprint density at radius 2 is 1.38 bits per heavy atom. The van der Waals surface area contributed by atoms with E-state index >= 15 is 0 Å². The van der Waals surface area contributed by atoms with Crippen LogP contribution in [0.3, 0.4) is 0 Å². The van der Waals surface area contributed by atoms with Crippen molar-refractivity contribution in [1.29, 1.82) is 0 Å². The van der Waals surface area contributed by atoms with Crippen LogP contribution in [-0.2, 0) is 37.9 Å². The number of piperidine rings is 1. The maximum atomic E-state index is 13.5. The van der Waals surface area contributed by atoms with E-state index in [1.165, 1.54) is 16.4 Å². The minimum atomic E-state index is -3.95. The molecule has 0 bridgehead atoms.